The van der Waals surface area contributed by atoms with Crippen molar-refractivity contribution < 1.29 is 22.7 Å². The molecule has 0 unspecified atom stereocenters. The van der Waals surface area contributed by atoms with E-state index in [2.05, 4.69) is 20.2 Å². The molecular formula is C10H9FN4O4S2. The van der Waals surface area contributed by atoms with Crippen LogP contribution >= 0.6 is 11.3 Å². The third-order valence-corrected chi connectivity index (χ3v) is 4.71. The molecule has 0 bridgehead atoms. The van der Waals surface area contributed by atoms with Gasteiger partial charge in [0.2, 0.25) is 11.0 Å². The van der Waals surface area contributed by atoms with Crippen LogP contribution in [0.1, 0.15) is 6.92 Å². The van der Waals surface area contributed by atoms with Gasteiger partial charge < -0.3 is 10.4 Å². The fourth-order valence-corrected chi connectivity index (χ4v) is 3.29. The molecule has 0 spiro atoms. The van der Waals surface area contributed by atoms with Gasteiger partial charge in [-0.2, -0.15) is 8.42 Å². The van der Waals surface area contributed by atoms with E-state index >= 15 is 0 Å². The Morgan fingerprint density at radius 2 is 2.10 bits per heavy atom. The van der Waals surface area contributed by atoms with E-state index in [1.165, 1.54) is 13.0 Å². The number of carbonyl (C=O) groups excluding carboxylic acids is 1. The summed E-state index contributed by atoms with van der Waals surface area (Å²) in [6, 6.07) is 3.02. The van der Waals surface area contributed by atoms with Gasteiger partial charge in [-0.3, -0.25) is 9.52 Å². The lowest BCUT2D eigenvalue weighted by atomic mass is 10.3. The number of hydrogen-bond acceptors (Lipinski definition) is 7. The molecule has 0 fully saturated rings. The molecule has 1 heterocycles. The number of aromatic hydroxyl groups is 1. The number of sulfonamides is 1. The van der Waals surface area contributed by atoms with Crippen LogP contribution in [0, 0.1) is 5.82 Å². The predicted molar refractivity (Wildman–Crippen MR) is 73.1 cm³/mol. The predicted octanol–water partition coefficient (Wildman–Crippen LogP) is 1.14. The molecule has 112 valence electrons. The van der Waals surface area contributed by atoms with Gasteiger partial charge in [0.1, 0.15) is 0 Å². The second-order valence-corrected chi connectivity index (χ2v) is 6.66. The summed E-state index contributed by atoms with van der Waals surface area (Å²) < 4.78 is 38.8. The Labute approximate surface area is 122 Å². The smallest absolute Gasteiger partial charge is 0.291 e. The molecule has 3 N–H and O–H groups in total. The molecule has 0 atom stereocenters. The molecule has 2 rings (SSSR count). The van der Waals surface area contributed by atoms with E-state index in [0.717, 1.165) is 12.1 Å². The maximum Gasteiger partial charge on any atom is 0.291 e. The van der Waals surface area contributed by atoms with Crippen molar-refractivity contribution in [1.29, 1.82) is 0 Å². The van der Waals surface area contributed by atoms with Crippen molar-refractivity contribution in [2.45, 2.75) is 11.3 Å². The molecule has 2 aromatic rings. The Kier molecular flexibility index (Phi) is 4.04. The van der Waals surface area contributed by atoms with Gasteiger partial charge in [-0.25, -0.2) is 4.39 Å². The van der Waals surface area contributed by atoms with Crippen LogP contribution in [0.2, 0.25) is 0 Å². The largest absolute Gasteiger partial charge is 0.505 e. The third-order valence-electron chi connectivity index (χ3n) is 2.12. The summed E-state index contributed by atoms with van der Waals surface area (Å²) in [5, 5.41) is 18.3. The third kappa shape index (κ3) is 3.64. The Morgan fingerprint density at radius 1 is 1.38 bits per heavy atom. The Morgan fingerprint density at radius 3 is 2.71 bits per heavy atom. The van der Waals surface area contributed by atoms with Crippen LogP contribution in [-0.4, -0.2) is 29.6 Å². The number of nitrogens with zero attached hydrogens (tertiary/aromatic N) is 2. The molecule has 1 amide bonds. The highest BCUT2D eigenvalue weighted by Gasteiger charge is 2.21. The van der Waals surface area contributed by atoms with Gasteiger partial charge in [0.15, 0.2) is 11.6 Å². The number of phenols is 1. The number of halogens is 1. The maximum absolute atomic E-state index is 13.1. The normalized spacial score (nSPS) is 11.1. The first-order chi connectivity index (χ1) is 9.78. The lowest BCUT2D eigenvalue weighted by Crippen LogP contribution is -2.12. The molecule has 1 aromatic heterocycles. The molecule has 1 aromatic carbocycles. The Hall–Kier alpha value is -2.27. The van der Waals surface area contributed by atoms with Gasteiger partial charge in [0, 0.05) is 13.0 Å². The van der Waals surface area contributed by atoms with E-state index in [0.29, 0.717) is 11.3 Å². The van der Waals surface area contributed by atoms with Crippen molar-refractivity contribution in [1.82, 2.24) is 10.2 Å². The lowest BCUT2D eigenvalue weighted by Gasteiger charge is -2.05. The van der Waals surface area contributed by atoms with Crippen molar-refractivity contribution in [2.24, 2.45) is 0 Å². The summed E-state index contributed by atoms with van der Waals surface area (Å²) in [4.78, 5) is 10.8. The zero-order valence-electron chi connectivity index (χ0n) is 10.5. The van der Waals surface area contributed by atoms with Crippen molar-refractivity contribution >= 4 is 38.1 Å². The van der Waals surface area contributed by atoms with E-state index < -0.39 is 27.5 Å². The van der Waals surface area contributed by atoms with Gasteiger partial charge in [-0.05, 0) is 12.1 Å². The minimum Gasteiger partial charge on any atom is -0.505 e. The van der Waals surface area contributed by atoms with Crippen molar-refractivity contribution in [3.8, 4) is 5.75 Å². The zero-order chi connectivity index (χ0) is 15.6. The average Bonchev–Trinajstić information content (AvgIpc) is 2.82. The first-order valence-corrected chi connectivity index (χ1v) is 7.70. The molecule has 0 saturated heterocycles. The van der Waals surface area contributed by atoms with Crippen LogP contribution in [0.4, 0.5) is 15.2 Å². The van der Waals surface area contributed by atoms with Crippen molar-refractivity contribution in [3.05, 3.63) is 24.0 Å². The van der Waals surface area contributed by atoms with Gasteiger partial charge in [0.05, 0.1) is 5.69 Å². The lowest BCUT2D eigenvalue weighted by molar-refractivity contribution is -0.114. The summed E-state index contributed by atoms with van der Waals surface area (Å²) in [5.41, 5.74) is -0.0819. The van der Waals surface area contributed by atoms with Crippen LogP contribution in [0.5, 0.6) is 5.75 Å². The summed E-state index contributed by atoms with van der Waals surface area (Å²) >= 11 is 0.647. The average molecular weight is 332 g/mol. The Balaban J connectivity index is 2.23. The maximum atomic E-state index is 13.1. The number of hydrogen-bond donors (Lipinski definition) is 3. The number of phenolic OH excluding ortho intramolecular Hbond substituents is 1. The number of rotatable bonds is 4. The molecule has 0 aliphatic carbocycles. The van der Waals surface area contributed by atoms with Crippen LogP contribution in [0.3, 0.4) is 0 Å². The minimum atomic E-state index is -4.06. The molecule has 8 nitrogen and oxygen atoms in total. The molecule has 0 radical (unpaired) electrons. The van der Waals surface area contributed by atoms with Crippen LogP contribution < -0.4 is 10.0 Å². The minimum absolute atomic E-state index is 0.0276. The monoisotopic (exact) mass is 332 g/mol. The second kappa shape index (κ2) is 5.61. The van der Waals surface area contributed by atoms with E-state index in [1.807, 2.05) is 0 Å². The van der Waals surface area contributed by atoms with E-state index in [-0.39, 0.29) is 15.2 Å². The van der Waals surface area contributed by atoms with E-state index in [4.69, 9.17) is 5.11 Å². The fourth-order valence-electron chi connectivity index (χ4n) is 1.29. The molecule has 11 heteroatoms. The topological polar surface area (TPSA) is 121 Å². The first-order valence-electron chi connectivity index (χ1n) is 5.40. The van der Waals surface area contributed by atoms with Gasteiger partial charge in [-0.1, -0.05) is 11.3 Å². The number of nitrogens with one attached hydrogen (secondary N) is 2. The summed E-state index contributed by atoms with van der Waals surface area (Å²) in [6.45, 7) is 1.24. The number of benzene rings is 1. The number of carbonyl (C=O) groups is 1. The van der Waals surface area contributed by atoms with Crippen LogP contribution in [0.25, 0.3) is 0 Å². The number of amides is 1. The molecule has 0 aliphatic rings. The van der Waals surface area contributed by atoms with Gasteiger partial charge in [-0.15, -0.1) is 10.2 Å². The SMILES string of the molecule is CC(=O)Nc1nnc(S(=O)(=O)Nc2ccc(O)c(F)c2)s1. The van der Waals surface area contributed by atoms with Crippen molar-refractivity contribution in [3.63, 3.8) is 0 Å². The highest BCUT2D eigenvalue weighted by atomic mass is 32.2. The molecule has 0 saturated carbocycles. The van der Waals surface area contributed by atoms with Crippen LogP contribution in [-0.2, 0) is 14.8 Å². The zero-order valence-corrected chi connectivity index (χ0v) is 12.1. The highest BCUT2D eigenvalue weighted by Crippen LogP contribution is 2.24. The van der Waals surface area contributed by atoms with E-state index in [1.54, 1.807) is 0 Å². The molecule has 0 aliphatic heterocycles. The molecular weight excluding hydrogens is 323 g/mol. The number of anilines is 2. The van der Waals surface area contributed by atoms with E-state index in [9.17, 15) is 17.6 Å². The van der Waals surface area contributed by atoms with Crippen LogP contribution in [0.15, 0.2) is 22.5 Å². The summed E-state index contributed by atoms with van der Waals surface area (Å²) in [7, 11) is -4.06. The standard InChI is InChI=1S/C10H9FN4O4S2/c1-5(16)12-9-13-14-10(20-9)21(18,19)15-6-2-3-8(17)7(11)4-6/h2-4,15,17H,1H3,(H,12,13,16). The Bertz CT molecular complexity index is 790. The highest BCUT2D eigenvalue weighted by molar-refractivity contribution is 7.94. The van der Waals surface area contributed by atoms with Gasteiger partial charge in [0.25, 0.3) is 14.4 Å². The quantitative estimate of drug-likeness (QED) is 0.570. The fraction of sp³-hybridized carbons (Fsp3) is 0.100. The van der Waals surface area contributed by atoms with Gasteiger partial charge >= 0.3 is 0 Å². The molecule has 21 heavy (non-hydrogen) atoms. The van der Waals surface area contributed by atoms with Crippen molar-refractivity contribution in [2.75, 3.05) is 10.0 Å². The summed E-state index contributed by atoms with van der Waals surface area (Å²) in [6.07, 6.45) is 0. The first kappa shape index (κ1) is 15.1. The number of aromatic nitrogens is 2. The summed E-state index contributed by atoms with van der Waals surface area (Å²) in [5.74, 6) is -1.98. The second-order valence-electron chi connectivity index (χ2n) is 3.83.